The highest BCUT2D eigenvalue weighted by Gasteiger charge is 2.19. The van der Waals surface area contributed by atoms with Gasteiger partial charge in [0, 0.05) is 17.0 Å². The maximum Gasteiger partial charge on any atom is 0.341 e. The van der Waals surface area contributed by atoms with Crippen LogP contribution in [0.2, 0.25) is 5.15 Å². The Morgan fingerprint density at radius 3 is 2.76 bits per heavy atom. The van der Waals surface area contributed by atoms with Gasteiger partial charge in [0.25, 0.3) is 0 Å². The zero-order valence-corrected chi connectivity index (χ0v) is 10.1. The fourth-order valence-electron chi connectivity index (χ4n) is 1.68. The van der Waals surface area contributed by atoms with Gasteiger partial charge in [0.2, 0.25) is 0 Å². The molecule has 0 saturated carbocycles. The quantitative estimate of drug-likeness (QED) is 0.608. The summed E-state index contributed by atoms with van der Waals surface area (Å²) in [6.45, 7) is 0. The molecule has 0 aliphatic rings. The van der Waals surface area contributed by atoms with Crippen LogP contribution in [0.4, 0.5) is 0 Å². The predicted molar refractivity (Wildman–Crippen MR) is 64.6 cm³/mol. The SMILES string of the molecule is COC(=O)c1c(Cl)ncc2cccc(OC)c12. The maximum atomic E-state index is 11.7. The van der Waals surface area contributed by atoms with E-state index in [2.05, 4.69) is 4.98 Å². The van der Waals surface area contributed by atoms with Crippen LogP contribution in [-0.4, -0.2) is 25.2 Å². The third-order valence-electron chi connectivity index (χ3n) is 2.44. The first kappa shape index (κ1) is 11.7. The number of hydrogen-bond acceptors (Lipinski definition) is 4. The maximum absolute atomic E-state index is 11.7. The number of fused-ring (bicyclic) bond motifs is 1. The van der Waals surface area contributed by atoms with Gasteiger partial charge in [0.05, 0.1) is 14.2 Å². The monoisotopic (exact) mass is 251 g/mol. The Kier molecular flexibility index (Phi) is 3.15. The van der Waals surface area contributed by atoms with Gasteiger partial charge in [-0.05, 0) is 6.07 Å². The van der Waals surface area contributed by atoms with Crippen LogP contribution in [0.1, 0.15) is 10.4 Å². The zero-order valence-electron chi connectivity index (χ0n) is 9.36. The van der Waals surface area contributed by atoms with E-state index in [0.717, 1.165) is 5.39 Å². The van der Waals surface area contributed by atoms with Crippen molar-refractivity contribution in [3.63, 3.8) is 0 Å². The number of hydrogen-bond donors (Lipinski definition) is 0. The lowest BCUT2D eigenvalue weighted by atomic mass is 10.1. The molecule has 0 aliphatic heterocycles. The van der Waals surface area contributed by atoms with E-state index in [1.54, 1.807) is 12.3 Å². The van der Waals surface area contributed by atoms with Crippen LogP contribution in [-0.2, 0) is 4.74 Å². The standard InChI is InChI=1S/C12H10ClNO3/c1-16-8-5-3-4-7-6-14-11(13)10(9(7)8)12(15)17-2/h3-6H,1-2H3. The highest BCUT2D eigenvalue weighted by molar-refractivity contribution is 6.34. The van der Waals surface area contributed by atoms with Gasteiger partial charge in [0.15, 0.2) is 0 Å². The molecule has 1 aromatic carbocycles. The molecule has 2 rings (SSSR count). The Hall–Kier alpha value is -1.81. The molecule has 5 heteroatoms. The van der Waals surface area contributed by atoms with Gasteiger partial charge in [-0.25, -0.2) is 9.78 Å². The van der Waals surface area contributed by atoms with Crippen LogP contribution in [0.25, 0.3) is 10.8 Å². The second kappa shape index (κ2) is 4.59. The summed E-state index contributed by atoms with van der Waals surface area (Å²) < 4.78 is 9.93. The summed E-state index contributed by atoms with van der Waals surface area (Å²) in [6.07, 6.45) is 1.59. The Morgan fingerprint density at radius 1 is 1.35 bits per heavy atom. The molecule has 0 saturated heterocycles. The second-order valence-corrected chi connectivity index (χ2v) is 3.70. The first-order chi connectivity index (χ1) is 8.19. The zero-order chi connectivity index (χ0) is 12.4. The average molecular weight is 252 g/mol. The number of benzene rings is 1. The molecule has 0 bridgehead atoms. The van der Waals surface area contributed by atoms with Crippen molar-refractivity contribution in [3.05, 3.63) is 35.1 Å². The molecule has 0 fully saturated rings. The molecule has 0 N–H and O–H groups in total. The minimum Gasteiger partial charge on any atom is -0.496 e. The third kappa shape index (κ3) is 1.91. The lowest BCUT2D eigenvalue weighted by Gasteiger charge is -2.10. The molecule has 0 spiro atoms. The first-order valence-corrected chi connectivity index (χ1v) is 5.26. The van der Waals surface area contributed by atoms with Crippen molar-refractivity contribution < 1.29 is 14.3 Å². The summed E-state index contributed by atoms with van der Waals surface area (Å²) in [7, 11) is 2.83. The number of carbonyl (C=O) groups excluding carboxylic acids is 1. The molecule has 0 unspecified atom stereocenters. The van der Waals surface area contributed by atoms with E-state index in [-0.39, 0.29) is 10.7 Å². The minimum atomic E-state index is -0.530. The van der Waals surface area contributed by atoms with Gasteiger partial charge >= 0.3 is 5.97 Å². The Morgan fingerprint density at radius 2 is 2.12 bits per heavy atom. The number of rotatable bonds is 2. The normalized spacial score (nSPS) is 10.3. The molecule has 1 heterocycles. The van der Waals surface area contributed by atoms with Gasteiger partial charge < -0.3 is 9.47 Å². The Bertz CT molecular complexity index is 583. The van der Waals surface area contributed by atoms with E-state index in [0.29, 0.717) is 11.1 Å². The molecule has 88 valence electrons. The lowest BCUT2D eigenvalue weighted by Crippen LogP contribution is -2.05. The van der Waals surface area contributed by atoms with Crippen LogP contribution in [0.15, 0.2) is 24.4 Å². The summed E-state index contributed by atoms with van der Waals surface area (Å²) in [5.41, 5.74) is 0.226. The predicted octanol–water partition coefficient (Wildman–Crippen LogP) is 2.68. The third-order valence-corrected chi connectivity index (χ3v) is 2.73. The molecule has 0 atom stereocenters. The molecule has 4 nitrogen and oxygen atoms in total. The molecule has 0 aliphatic carbocycles. The van der Waals surface area contributed by atoms with E-state index in [9.17, 15) is 4.79 Å². The van der Waals surface area contributed by atoms with Gasteiger partial charge in [-0.2, -0.15) is 0 Å². The van der Waals surface area contributed by atoms with Crippen LogP contribution in [0.5, 0.6) is 5.75 Å². The summed E-state index contributed by atoms with van der Waals surface area (Å²) >= 11 is 5.94. The summed E-state index contributed by atoms with van der Waals surface area (Å²) in [5, 5.41) is 1.49. The van der Waals surface area contributed by atoms with Gasteiger partial charge in [0.1, 0.15) is 16.5 Å². The van der Waals surface area contributed by atoms with Gasteiger partial charge in [-0.3, -0.25) is 0 Å². The van der Waals surface area contributed by atoms with Crippen molar-refractivity contribution in [1.82, 2.24) is 4.98 Å². The number of nitrogens with zero attached hydrogens (tertiary/aromatic N) is 1. The van der Waals surface area contributed by atoms with E-state index < -0.39 is 5.97 Å². The molecular weight excluding hydrogens is 242 g/mol. The minimum absolute atomic E-state index is 0.105. The molecular formula is C12H10ClNO3. The van der Waals surface area contributed by atoms with E-state index in [1.165, 1.54) is 14.2 Å². The summed E-state index contributed by atoms with van der Waals surface area (Å²) in [4.78, 5) is 15.7. The van der Waals surface area contributed by atoms with Crippen LogP contribution < -0.4 is 4.74 Å². The van der Waals surface area contributed by atoms with Gasteiger partial charge in [-0.1, -0.05) is 23.7 Å². The van der Waals surface area contributed by atoms with E-state index in [4.69, 9.17) is 21.1 Å². The highest BCUT2D eigenvalue weighted by Crippen LogP contribution is 2.32. The summed E-state index contributed by atoms with van der Waals surface area (Å²) in [6, 6.07) is 5.40. The van der Waals surface area contributed by atoms with Crippen molar-refractivity contribution in [3.8, 4) is 5.75 Å². The number of carbonyl (C=O) groups is 1. The molecule has 0 amide bonds. The number of aromatic nitrogens is 1. The molecule has 0 radical (unpaired) electrons. The Labute approximate surface area is 103 Å². The fourth-order valence-corrected chi connectivity index (χ4v) is 1.90. The van der Waals surface area contributed by atoms with E-state index in [1.807, 2.05) is 12.1 Å². The number of halogens is 1. The number of pyridine rings is 1. The van der Waals surface area contributed by atoms with Crippen LogP contribution >= 0.6 is 11.6 Å². The smallest absolute Gasteiger partial charge is 0.341 e. The highest BCUT2D eigenvalue weighted by atomic mass is 35.5. The number of methoxy groups -OCH3 is 2. The van der Waals surface area contributed by atoms with Crippen molar-refractivity contribution in [2.45, 2.75) is 0 Å². The molecule has 1 aromatic heterocycles. The average Bonchev–Trinajstić information content (AvgIpc) is 2.37. The second-order valence-electron chi connectivity index (χ2n) is 3.34. The number of esters is 1. The topological polar surface area (TPSA) is 48.4 Å². The van der Waals surface area contributed by atoms with Crippen LogP contribution in [0.3, 0.4) is 0 Å². The lowest BCUT2D eigenvalue weighted by molar-refractivity contribution is 0.0602. The number of ether oxygens (including phenoxy) is 2. The molecule has 2 aromatic rings. The van der Waals surface area contributed by atoms with E-state index >= 15 is 0 Å². The fraction of sp³-hybridized carbons (Fsp3) is 0.167. The van der Waals surface area contributed by atoms with Gasteiger partial charge in [-0.15, -0.1) is 0 Å². The molecule has 17 heavy (non-hydrogen) atoms. The Balaban J connectivity index is 2.87. The van der Waals surface area contributed by atoms with Crippen molar-refractivity contribution in [2.75, 3.05) is 14.2 Å². The summed E-state index contributed by atoms with van der Waals surface area (Å²) in [5.74, 6) is 0.0322. The van der Waals surface area contributed by atoms with Crippen molar-refractivity contribution in [1.29, 1.82) is 0 Å². The largest absolute Gasteiger partial charge is 0.496 e. The van der Waals surface area contributed by atoms with Crippen molar-refractivity contribution >= 4 is 28.3 Å². The van der Waals surface area contributed by atoms with Crippen molar-refractivity contribution in [2.24, 2.45) is 0 Å². The van der Waals surface area contributed by atoms with Crippen LogP contribution in [0, 0.1) is 0 Å². The first-order valence-electron chi connectivity index (χ1n) is 4.88.